The minimum absolute atomic E-state index is 0.0757. The van der Waals surface area contributed by atoms with Gasteiger partial charge in [0, 0.05) is 23.7 Å². The molecular formula is C17H27FN2. The zero-order chi connectivity index (χ0) is 14.5. The van der Waals surface area contributed by atoms with Crippen molar-refractivity contribution >= 4 is 0 Å². The third-order valence-corrected chi connectivity index (χ3v) is 4.35. The Morgan fingerprint density at radius 2 is 1.90 bits per heavy atom. The molecule has 2 atom stereocenters. The standard InChI is InChI=1S/C17H27FN2/c1-13(2)20-11-6-7-15(10-12-20)19-14(3)16-8-4-5-9-17(16)18/h4-5,8-9,13-15,19H,6-7,10-12H2,1-3H3. The van der Waals surface area contributed by atoms with E-state index in [9.17, 15) is 4.39 Å². The Balaban J connectivity index is 1.92. The summed E-state index contributed by atoms with van der Waals surface area (Å²) in [4.78, 5) is 2.54. The van der Waals surface area contributed by atoms with E-state index in [1.165, 1.54) is 19.4 Å². The van der Waals surface area contributed by atoms with Gasteiger partial charge in [-0.2, -0.15) is 0 Å². The highest BCUT2D eigenvalue weighted by molar-refractivity contribution is 5.20. The first-order valence-electron chi connectivity index (χ1n) is 7.82. The molecule has 0 radical (unpaired) electrons. The zero-order valence-corrected chi connectivity index (χ0v) is 12.9. The van der Waals surface area contributed by atoms with E-state index in [0.717, 1.165) is 18.5 Å². The molecule has 2 unspecified atom stereocenters. The Morgan fingerprint density at radius 1 is 1.15 bits per heavy atom. The first-order valence-corrected chi connectivity index (χ1v) is 7.82. The van der Waals surface area contributed by atoms with Crippen molar-refractivity contribution in [3.05, 3.63) is 35.6 Å². The van der Waals surface area contributed by atoms with Gasteiger partial charge in [-0.1, -0.05) is 18.2 Å². The number of halogens is 1. The van der Waals surface area contributed by atoms with Crippen LogP contribution < -0.4 is 5.32 Å². The molecule has 0 aromatic heterocycles. The monoisotopic (exact) mass is 278 g/mol. The normalized spacial score (nSPS) is 22.8. The van der Waals surface area contributed by atoms with Gasteiger partial charge in [0.15, 0.2) is 0 Å². The minimum atomic E-state index is -0.107. The molecule has 2 rings (SSSR count). The lowest BCUT2D eigenvalue weighted by Gasteiger charge is -2.25. The molecular weight excluding hydrogens is 251 g/mol. The van der Waals surface area contributed by atoms with Crippen molar-refractivity contribution in [1.82, 2.24) is 10.2 Å². The molecule has 1 aromatic carbocycles. The fourth-order valence-electron chi connectivity index (χ4n) is 3.07. The third kappa shape index (κ3) is 4.03. The average Bonchev–Trinajstić information content (AvgIpc) is 2.65. The van der Waals surface area contributed by atoms with Gasteiger partial charge in [-0.3, -0.25) is 0 Å². The zero-order valence-electron chi connectivity index (χ0n) is 12.9. The van der Waals surface area contributed by atoms with Crippen LogP contribution in [-0.2, 0) is 0 Å². The number of hydrogen-bond acceptors (Lipinski definition) is 2. The molecule has 0 aliphatic carbocycles. The van der Waals surface area contributed by atoms with Gasteiger partial charge in [0.05, 0.1) is 0 Å². The Labute approximate surface area is 122 Å². The van der Waals surface area contributed by atoms with Crippen LogP contribution in [0, 0.1) is 5.82 Å². The molecule has 1 aromatic rings. The second-order valence-electron chi connectivity index (χ2n) is 6.17. The predicted octanol–water partition coefficient (Wildman–Crippen LogP) is 3.74. The minimum Gasteiger partial charge on any atom is -0.307 e. The molecule has 1 heterocycles. The summed E-state index contributed by atoms with van der Waals surface area (Å²) in [6, 6.07) is 8.27. The topological polar surface area (TPSA) is 15.3 Å². The van der Waals surface area contributed by atoms with Gasteiger partial charge in [-0.05, 0) is 59.2 Å². The van der Waals surface area contributed by atoms with Crippen LogP contribution in [-0.4, -0.2) is 30.1 Å². The summed E-state index contributed by atoms with van der Waals surface area (Å²) in [5.41, 5.74) is 0.775. The van der Waals surface area contributed by atoms with Gasteiger partial charge in [-0.15, -0.1) is 0 Å². The second-order valence-corrected chi connectivity index (χ2v) is 6.17. The highest BCUT2D eigenvalue weighted by Crippen LogP contribution is 2.20. The van der Waals surface area contributed by atoms with Gasteiger partial charge in [0.2, 0.25) is 0 Å². The maximum Gasteiger partial charge on any atom is 0.127 e. The van der Waals surface area contributed by atoms with Crippen molar-refractivity contribution in [2.45, 2.75) is 58.2 Å². The number of likely N-dealkylation sites (tertiary alicyclic amines) is 1. The molecule has 1 aliphatic rings. The van der Waals surface area contributed by atoms with Crippen molar-refractivity contribution in [3.63, 3.8) is 0 Å². The number of rotatable bonds is 4. The molecule has 0 amide bonds. The molecule has 0 bridgehead atoms. The first kappa shape index (κ1) is 15.5. The second kappa shape index (κ2) is 7.19. The maximum atomic E-state index is 13.8. The van der Waals surface area contributed by atoms with Gasteiger partial charge < -0.3 is 10.2 Å². The third-order valence-electron chi connectivity index (χ3n) is 4.35. The summed E-state index contributed by atoms with van der Waals surface area (Å²) < 4.78 is 13.8. The molecule has 20 heavy (non-hydrogen) atoms. The lowest BCUT2D eigenvalue weighted by molar-refractivity contribution is 0.228. The van der Waals surface area contributed by atoms with E-state index in [1.54, 1.807) is 12.1 Å². The Kier molecular flexibility index (Phi) is 5.55. The summed E-state index contributed by atoms with van der Waals surface area (Å²) in [7, 11) is 0. The quantitative estimate of drug-likeness (QED) is 0.902. The predicted molar refractivity (Wildman–Crippen MR) is 82.3 cm³/mol. The van der Waals surface area contributed by atoms with Crippen molar-refractivity contribution < 1.29 is 4.39 Å². The van der Waals surface area contributed by atoms with Crippen molar-refractivity contribution in [2.75, 3.05) is 13.1 Å². The molecule has 1 aliphatic heterocycles. The largest absolute Gasteiger partial charge is 0.307 e. The average molecular weight is 278 g/mol. The molecule has 1 fully saturated rings. The van der Waals surface area contributed by atoms with Crippen LogP contribution in [0.1, 0.15) is 51.6 Å². The lowest BCUT2D eigenvalue weighted by Crippen LogP contribution is -2.35. The van der Waals surface area contributed by atoms with Crippen LogP contribution in [0.5, 0.6) is 0 Å². The van der Waals surface area contributed by atoms with Crippen molar-refractivity contribution in [1.29, 1.82) is 0 Å². The highest BCUT2D eigenvalue weighted by Gasteiger charge is 2.20. The Morgan fingerprint density at radius 3 is 2.60 bits per heavy atom. The van der Waals surface area contributed by atoms with E-state index in [-0.39, 0.29) is 11.9 Å². The van der Waals surface area contributed by atoms with E-state index < -0.39 is 0 Å². The lowest BCUT2D eigenvalue weighted by atomic mass is 10.0. The molecule has 1 N–H and O–H groups in total. The molecule has 3 heteroatoms. The van der Waals surface area contributed by atoms with Crippen LogP contribution in [0.4, 0.5) is 4.39 Å². The molecule has 0 spiro atoms. The fraction of sp³-hybridized carbons (Fsp3) is 0.647. The maximum absolute atomic E-state index is 13.8. The van der Waals surface area contributed by atoms with Crippen LogP contribution in [0.3, 0.4) is 0 Å². The summed E-state index contributed by atoms with van der Waals surface area (Å²) in [5.74, 6) is -0.107. The van der Waals surface area contributed by atoms with Gasteiger partial charge in [0.25, 0.3) is 0 Å². The van der Waals surface area contributed by atoms with Crippen molar-refractivity contribution in [2.24, 2.45) is 0 Å². The van der Waals surface area contributed by atoms with Crippen molar-refractivity contribution in [3.8, 4) is 0 Å². The van der Waals surface area contributed by atoms with E-state index >= 15 is 0 Å². The van der Waals surface area contributed by atoms with Crippen LogP contribution in [0.15, 0.2) is 24.3 Å². The van der Waals surface area contributed by atoms with Crippen LogP contribution in [0.25, 0.3) is 0 Å². The van der Waals surface area contributed by atoms with E-state index in [1.807, 2.05) is 12.1 Å². The van der Waals surface area contributed by atoms with E-state index in [0.29, 0.717) is 12.1 Å². The van der Waals surface area contributed by atoms with E-state index in [2.05, 4.69) is 31.0 Å². The summed E-state index contributed by atoms with van der Waals surface area (Å²) >= 11 is 0. The smallest absolute Gasteiger partial charge is 0.127 e. The molecule has 112 valence electrons. The van der Waals surface area contributed by atoms with Crippen LogP contribution in [0.2, 0.25) is 0 Å². The molecule has 1 saturated heterocycles. The van der Waals surface area contributed by atoms with Gasteiger partial charge >= 0.3 is 0 Å². The Hall–Kier alpha value is -0.930. The number of hydrogen-bond donors (Lipinski definition) is 1. The SMILES string of the molecule is CC(NC1CCCN(C(C)C)CC1)c1ccccc1F. The summed E-state index contributed by atoms with van der Waals surface area (Å²) in [6.45, 7) is 8.90. The van der Waals surface area contributed by atoms with Gasteiger partial charge in [0.1, 0.15) is 5.82 Å². The summed E-state index contributed by atoms with van der Waals surface area (Å²) in [5, 5.41) is 3.61. The Bertz CT molecular complexity index is 419. The van der Waals surface area contributed by atoms with E-state index in [4.69, 9.17) is 0 Å². The number of nitrogens with zero attached hydrogens (tertiary/aromatic N) is 1. The number of nitrogens with one attached hydrogen (secondary N) is 1. The van der Waals surface area contributed by atoms with Crippen LogP contribution >= 0.6 is 0 Å². The highest BCUT2D eigenvalue weighted by atomic mass is 19.1. The van der Waals surface area contributed by atoms with Gasteiger partial charge in [-0.25, -0.2) is 4.39 Å². The fourth-order valence-corrected chi connectivity index (χ4v) is 3.07. The molecule has 0 saturated carbocycles. The first-order chi connectivity index (χ1) is 9.58. The number of benzene rings is 1. The summed E-state index contributed by atoms with van der Waals surface area (Å²) in [6.07, 6.45) is 3.55. The molecule has 2 nitrogen and oxygen atoms in total.